The van der Waals surface area contributed by atoms with Gasteiger partial charge in [-0.15, -0.1) is 4.40 Å². The second kappa shape index (κ2) is 6.94. The Morgan fingerprint density at radius 3 is 2.34 bits per heavy atom. The lowest BCUT2D eigenvalue weighted by Crippen LogP contribution is -2.38. The summed E-state index contributed by atoms with van der Waals surface area (Å²) in [6.07, 6.45) is 3.09. The summed E-state index contributed by atoms with van der Waals surface area (Å²) in [5, 5.41) is 0. The normalized spacial score (nSPS) is 26.6. The molecular weight excluding hydrogens is 387 g/mol. The molecule has 2 aromatic rings. The molecule has 0 unspecified atom stereocenters. The van der Waals surface area contributed by atoms with E-state index < -0.39 is 10.0 Å². The van der Waals surface area contributed by atoms with Gasteiger partial charge in [0.1, 0.15) is 11.7 Å². The first-order valence-corrected chi connectivity index (χ1v) is 11.4. The number of halogens is 1. The highest BCUT2D eigenvalue weighted by Crippen LogP contribution is 2.52. The molecule has 1 aliphatic heterocycles. The molecule has 2 fully saturated rings. The van der Waals surface area contributed by atoms with Crippen LogP contribution in [0.25, 0.3) is 0 Å². The van der Waals surface area contributed by atoms with Crippen molar-refractivity contribution in [1.82, 2.24) is 4.90 Å². The van der Waals surface area contributed by atoms with Gasteiger partial charge in [0.25, 0.3) is 10.0 Å². The fourth-order valence-electron chi connectivity index (χ4n) is 5.34. The third-order valence-electron chi connectivity index (χ3n) is 6.04. The molecular formula is C23H27FN2O2S. The Hall–Kier alpha value is -2.21. The van der Waals surface area contributed by atoms with E-state index in [1.165, 1.54) is 12.1 Å². The first kappa shape index (κ1) is 20.1. The topological polar surface area (TPSA) is 49.7 Å². The van der Waals surface area contributed by atoms with E-state index in [1.54, 1.807) is 42.5 Å². The maximum atomic E-state index is 13.5. The number of rotatable bonds is 3. The van der Waals surface area contributed by atoms with E-state index in [9.17, 15) is 12.8 Å². The van der Waals surface area contributed by atoms with Crippen LogP contribution >= 0.6 is 0 Å². The zero-order valence-electron chi connectivity index (χ0n) is 17.1. The van der Waals surface area contributed by atoms with Crippen molar-refractivity contribution >= 4 is 15.9 Å². The average molecular weight is 415 g/mol. The average Bonchev–Trinajstić information content (AvgIpc) is 2.90. The fraction of sp³-hybridized carbons (Fsp3) is 0.435. The van der Waals surface area contributed by atoms with Crippen molar-refractivity contribution in [2.24, 2.45) is 15.2 Å². The van der Waals surface area contributed by atoms with Crippen LogP contribution in [0.4, 0.5) is 4.39 Å². The minimum atomic E-state index is -3.88. The van der Waals surface area contributed by atoms with Crippen LogP contribution in [-0.4, -0.2) is 31.7 Å². The molecule has 0 spiro atoms. The number of fused-ring (bicyclic) bond motifs is 2. The van der Waals surface area contributed by atoms with Gasteiger partial charge < -0.3 is 4.90 Å². The summed E-state index contributed by atoms with van der Waals surface area (Å²) < 4.78 is 43.9. The predicted octanol–water partition coefficient (Wildman–Crippen LogP) is 4.86. The maximum Gasteiger partial charge on any atom is 0.284 e. The molecule has 0 amide bonds. The van der Waals surface area contributed by atoms with Gasteiger partial charge in [-0.25, -0.2) is 4.39 Å². The van der Waals surface area contributed by atoms with Crippen molar-refractivity contribution in [2.75, 3.05) is 6.54 Å². The number of benzene rings is 2. The molecule has 154 valence electrons. The number of amidine groups is 1. The Kier molecular flexibility index (Phi) is 4.80. The number of nitrogens with zero attached hydrogens (tertiary/aromatic N) is 2. The minimum Gasteiger partial charge on any atom is -0.352 e. The summed E-state index contributed by atoms with van der Waals surface area (Å²) >= 11 is 0. The number of hydrogen-bond acceptors (Lipinski definition) is 2. The fourth-order valence-corrected chi connectivity index (χ4v) is 6.38. The van der Waals surface area contributed by atoms with Crippen LogP contribution in [0.15, 0.2) is 63.9 Å². The van der Waals surface area contributed by atoms with E-state index in [0.29, 0.717) is 11.4 Å². The Morgan fingerprint density at radius 2 is 1.69 bits per heavy atom. The lowest BCUT2D eigenvalue weighted by Gasteiger charge is -2.39. The summed E-state index contributed by atoms with van der Waals surface area (Å²) in [5.74, 6) is 0.0626. The van der Waals surface area contributed by atoms with Crippen LogP contribution in [0.3, 0.4) is 0 Å². The van der Waals surface area contributed by atoms with E-state index >= 15 is 0 Å². The van der Waals surface area contributed by atoms with E-state index in [0.717, 1.165) is 25.8 Å². The largest absolute Gasteiger partial charge is 0.352 e. The van der Waals surface area contributed by atoms with Gasteiger partial charge in [0.15, 0.2) is 0 Å². The van der Waals surface area contributed by atoms with Crippen LogP contribution in [0.5, 0.6) is 0 Å². The molecule has 2 aliphatic rings. The first-order valence-electron chi connectivity index (χ1n) is 10.00. The van der Waals surface area contributed by atoms with Gasteiger partial charge in [0.05, 0.1) is 4.90 Å². The van der Waals surface area contributed by atoms with Crippen molar-refractivity contribution in [2.45, 2.75) is 51.0 Å². The number of hydrogen-bond donors (Lipinski definition) is 0. The third kappa shape index (κ3) is 4.08. The Balaban J connectivity index is 1.81. The summed E-state index contributed by atoms with van der Waals surface area (Å²) in [6, 6.07) is 14.4. The molecule has 29 heavy (non-hydrogen) atoms. The molecule has 1 saturated carbocycles. The predicted molar refractivity (Wildman–Crippen MR) is 113 cm³/mol. The molecule has 4 nitrogen and oxygen atoms in total. The van der Waals surface area contributed by atoms with Crippen molar-refractivity contribution in [3.8, 4) is 0 Å². The molecule has 1 saturated heterocycles. The van der Waals surface area contributed by atoms with E-state index in [2.05, 4.69) is 30.1 Å². The van der Waals surface area contributed by atoms with Gasteiger partial charge in [-0.2, -0.15) is 8.42 Å². The highest BCUT2D eigenvalue weighted by Gasteiger charge is 2.50. The SMILES string of the molecule is CC1(C)C[C@H]2C[C@](C)(CN2C(=NS(=O)(=O)c2ccccc2)c2ccc(F)cc2)C1. The summed E-state index contributed by atoms with van der Waals surface area (Å²) in [5.41, 5.74) is 0.933. The van der Waals surface area contributed by atoms with E-state index in [4.69, 9.17) is 0 Å². The molecule has 1 heterocycles. The highest BCUT2D eigenvalue weighted by molar-refractivity contribution is 7.90. The van der Waals surface area contributed by atoms with Gasteiger partial charge in [-0.05, 0) is 66.5 Å². The van der Waals surface area contributed by atoms with Gasteiger partial charge in [0.2, 0.25) is 0 Å². The van der Waals surface area contributed by atoms with Gasteiger partial charge in [-0.3, -0.25) is 0 Å². The van der Waals surface area contributed by atoms with Crippen LogP contribution in [0.2, 0.25) is 0 Å². The van der Waals surface area contributed by atoms with E-state index in [-0.39, 0.29) is 27.6 Å². The first-order chi connectivity index (χ1) is 13.6. The van der Waals surface area contributed by atoms with Gasteiger partial charge in [0, 0.05) is 18.2 Å². The van der Waals surface area contributed by atoms with Crippen LogP contribution < -0.4 is 0 Å². The standard InChI is InChI=1S/C23H27FN2O2S/c1-22(2)13-19-14-23(3,15-22)16-26(19)21(17-9-11-18(24)12-10-17)25-29(27,28)20-7-5-4-6-8-20/h4-12,19H,13-16H2,1-3H3/t19-,23-/m0/s1. The lowest BCUT2D eigenvalue weighted by atomic mass is 9.65. The molecule has 2 atom stereocenters. The van der Waals surface area contributed by atoms with Crippen LogP contribution in [0.1, 0.15) is 45.6 Å². The molecule has 0 radical (unpaired) electrons. The van der Waals surface area contributed by atoms with E-state index in [1.807, 2.05) is 0 Å². The Labute approximate surface area is 172 Å². The second-order valence-electron chi connectivity index (χ2n) is 9.55. The van der Waals surface area contributed by atoms with Crippen LogP contribution in [0, 0.1) is 16.6 Å². The van der Waals surface area contributed by atoms with Crippen molar-refractivity contribution in [1.29, 1.82) is 0 Å². The van der Waals surface area contributed by atoms with Crippen molar-refractivity contribution in [3.05, 3.63) is 66.0 Å². The third-order valence-corrected chi connectivity index (χ3v) is 7.32. The molecule has 6 heteroatoms. The Bertz CT molecular complexity index is 1030. The second-order valence-corrected chi connectivity index (χ2v) is 11.2. The maximum absolute atomic E-state index is 13.5. The number of sulfonamides is 1. The quantitative estimate of drug-likeness (QED) is 0.532. The van der Waals surface area contributed by atoms with Gasteiger partial charge >= 0.3 is 0 Å². The molecule has 0 aromatic heterocycles. The molecule has 4 rings (SSSR count). The zero-order valence-corrected chi connectivity index (χ0v) is 17.9. The molecule has 2 bridgehead atoms. The minimum absolute atomic E-state index is 0.115. The monoisotopic (exact) mass is 414 g/mol. The summed E-state index contributed by atoms with van der Waals surface area (Å²) in [6.45, 7) is 7.57. The smallest absolute Gasteiger partial charge is 0.284 e. The van der Waals surface area contributed by atoms with Crippen LogP contribution in [-0.2, 0) is 10.0 Å². The zero-order chi connectivity index (χ0) is 20.9. The molecule has 2 aromatic carbocycles. The van der Waals surface area contributed by atoms with Crippen molar-refractivity contribution < 1.29 is 12.8 Å². The Morgan fingerprint density at radius 1 is 1.03 bits per heavy atom. The summed E-state index contributed by atoms with van der Waals surface area (Å²) in [7, 11) is -3.88. The lowest BCUT2D eigenvalue weighted by molar-refractivity contribution is 0.132. The summed E-state index contributed by atoms with van der Waals surface area (Å²) in [4.78, 5) is 2.30. The number of likely N-dealkylation sites (tertiary alicyclic amines) is 1. The highest BCUT2D eigenvalue weighted by atomic mass is 32.2. The van der Waals surface area contributed by atoms with Crippen molar-refractivity contribution in [3.63, 3.8) is 0 Å². The van der Waals surface area contributed by atoms with Gasteiger partial charge in [-0.1, -0.05) is 39.0 Å². The molecule has 1 aliphatic carbocycles. The molecule has 0 N–H and O–H groups in total.